The summed E-state index contributed by atoms with van der Waals surface area (Å²) in [5, 5.41) is 24.6. The number of phenols is 1. The van der Waals surface area contributed by atoms with E-state index in [4.69, 9.17) is 19.8 Å². The van der Waals surface area contributed by atoms with E-state index in [1.807, 2.05) is 12.1 Å². The lowest BCUT2D eigenvalue weighted by Gasteiger charge is -2.37. The molecule has 1 aromatic carbocycles. The van der Waals surface area contributed by atoms with Gasteiger partial charge in [0.25, 0.3) is 0 Å². The molecule has 3 N–H and O–H groups in total. The standard InChI is InChI=1S/C14H21BrN2O.C2H2O4/c1-11(2)17-7-5-16(6-8-17)10-12-9-13(15)3-4-14(12)18;3-1(4)2(5)6/h3-4,9,11,18H,5-8,10H2,1-2H3;(H,3,4)(H,5,6). The lowest BCUT2D eigenvalue weighted by atomic mass is 10.1. The highest BCUT2D eigenvalue weighted by Gasteiger charge is 2.19. The monoisotopic (exact) mass is 402 g/mol. The Morgan fingerprint density at radius 1 is 1.12 bits per heavy atom. The summed E-state index contributed by atoms with van der Waals surface area (Å²) in [7, 11) is 0. The van der Waals surface area contributed by atoms with Crippen LogP contribution < -0.4 is 0 Å². The summed E-state index contributed by atoms with van der Waals surface area (Å²) in [5.41, 5.74) is 1.00. The fraction of sp³-hybridized carbons (Fsp3) is 0.500. The van der Waals surface area contributed by atoms with Gasteiger partial charge in [0.05, 0.1) is 0 Å². The van der Waals surface area contributed by atoms with Gasteiger partial charge in [-0.15, -0.1) is 0 Å². The molecule has 7 nitrogen and oxygen atoms in total. The number of hydrogen-bond donors (Lipinski definition) is 3. The molecule has 8 heteroatoms. The molecule has 0 aromatic heterocycles. The molecule has 134 valence electrons. The summed E-state index contributed by atoms with van der Waals surface area (Å²) in [5.74, 6) is -3.26. The van der Waals surface area contributed by atoms with Crippen LogP contribution in [-0.2, 0) is 16.1 Å². The first-order chi connectivity index (χ1) is 11.2. The molecular weight excluding hydrogens is 380 g/mol. The maximum absolute atomic E-state index is 9.85. The van der Waals surface area contributed by atoms with Gasteiger partial charge in [-0.2, -0.15) is 0 Å². The fourth-order valence-electron chi connectivity index (χ4n) is 2.36. The van der Waals surface area contributed by atoms with E-state index < -0.39 is 11.9 Å². The number of halogens is 1. The molecule has 0 aliphatic carbocycles. The van der Waals surface area contributed by atoms with Crippen molar-refractivity contribution in [2.45, 2.75) is 26.4 Å². The Balaban J connectivity index is 0.000000413. The van der Waals surface area contributed by atoms with E-state index in [1.165, 1.54) is 0 Å². The maximum Gasteiger partial charge on any atom is 0.414 e. The number of aliphatic carboxylic acids is 2. The van der Waals surface area contributed by atoms with Crippen LogP contribution in [0.1, 0.15) is 19.4 Å². The van der Waals surface area contributed by atoms with Crippen LogP contribution in [-0.4, -0.2) is 69.3 Å². The molecule has 0 unspecified atom stereocenters. The zero-order valence-corrected chi connectivity index (χ0v) is 15.4. The number of phenolic OH excluding ortho intramolecular Hbond substituents is 1. The molecular formula is C16H23BrN2O5. The number of rotatable bonds is 3. The average molecular weight is 403 g/mol. The van der Waals surface area contributed by atoms with E-state index in [9.17, 15) is 5.11 Å². The molecule has 1 aliphatic heterocycles. The van der Waals surface area contributed by atoms with Gasteiger partial charge in [0, 0.05) is 48.8 Å². The first kappa shape index (κ1) is 20.4. The van der Waals surface area contributed by atoms with Crippen LogP contribution in [0.15, 0.2) is 22.7 Å². The third kappa shape index (κ3) is 6.86. The molecule has 1 fully saturated rings. The molecule has 0 atom stereocenters. The van der Waals surface area contributed by atoms with Gasteiger partial charge in [-0.3, -0.25) is 9.80 Å². The van der Waals surface area contributed by atoms with Gasteiger partial charge in [0.1, 0.15) is 5.75 Å². The molecule has 24 heavy (non-hydrogen) atoms. The van der Waals surface area contributed by atoms with Crippen molar-refractivity contribution in [2.75, 3.05) is 26.2 Å². The van der Waals surface area contributed by atoms with E-state index in [0.717, 1.165) is 42.8 Å². The van der Waals surface area contributed by atoms with Gasteiger partial charge in [-0.1, -0.05) is 15.9 Å². The minimum Gasteiger partial charge on any atom is -0.508 e. The Kier molecular flexibility index (Phi) is 8.17. The van der Waals surface area contributed by atoms with Gasteiger partial charge >= 0.3 is 11.9 Å². The second-order valence-electron chi connectivity index (χ2n) is 5.79. The van der Waals surface area contributed by atoms with Crippen molar-refractivity contribution < 1.29 is 24.9 Å². The number of hydrogen-bond acceptors (Lipinski definition) is 5. The summed E-state index contributed by atoms with van der Waals surface area (Å²) in [6.07, 6.45) is 0. The fourth-order valence-corrected chi connectivity index (χ4v) is 2.77. The van der Waals surface area contributed by atoms with Crippen LogP contribution in [0.2, 0.25) is 0 Å². The number of piperazine rings is 1. The minimum atomic E-state index is -1.82. The van der Waals surface area contributed by atoms with E-state index >= 15 is 0 Å². The Hall–Kier alpha value is -1.64. The van der Waals surface area contributed by atoms with E-state index in [2.05, 4.69) is 39.6 Å². The van der Waals surface area contributed by atoms with Crippen molar-refractivity contribution in [3.05, 3.63) is 28.2 Å². The van der Waals surface area contributed by atoms with Gasteiger partial charge in [0.15, 0.2) is 0 Å². The van der Waals surface area contributed by atoms with Crippen LogP contribution in [0.5, 0.6) is 5.75 Å². The molecule has 2 rings (SSSR count). The Labute approximate surface area is 149 Å². The quantitative estimate of drug-likeness (QED) is 0.662. The third-order valence-electron chi connectivity index (χ3n) is 3.76. The first-order valence-corrected chi connectivity index (χ1v) is 8.40. The molecule has 1 heterocycles. The van der Waals surface area contributed by atoms with Crippen molar-refractivity contribution in [2.24, 2.45) is 0 Å². The Morgan fingerprint density at radius 2 is 1.67 bits per heavy atom. The predicted molar refractivity (Wildman–Crippen MR) is 93.1 cm³/mol. The average Bonchev–Trinajstić information content (AvgIpc) is 2.52. The number of aromatic hydroxyl groups is 1. The smallest absolute Gasteiger partial charge is 0.414 e. The van der Waals surface area contributed by atoms with E-state index in [1.54, 1.807) is 6.07 Å². The zero-order chi connectivity index (χ0) is 18.3. The number of carboxylic acids is 2. The van der Waals surface area contributed by atoms with Crippen molar-refractivity contribution in [3.63, 3.8) is 0 Å². The molecule has 0 bridgehead atoms. The van der Waals surface area contributed by atoms with Crippen molar-refractivity contribution in [3.8, 4) is 5.75 Å². The Bertz CT molecular complexity index is 560. The summed E-state index contributed by atoms with van der Waals surface area (Å²) in [6, 6.07) is 6.26. The van der Waals surface area contributed by atoms with Crippen molar-refractivity contribution in [1.29, 1.82) is 0 Å². The molecule has 1 saturated heterocycles. The minimum absolute atomic E-state index is 0.393. The van der Waals surface area contributed by atoms with Crippen molar-refractivity contribution in [1.82, 2.24) is 9.80 Å². The van der Waals surface area contributed by atoms with Crippen molar-refractivity contribution >= 4 is 27.9 Å². The summed E-state index contributed by atoms with van der Waals surface area (Å²) < 4.78 is 1.02. The summed E-state index contributed by atoms with van der Waals surface area (Å²) >= 11 is 3.45. The topological polar surface area (TPSA) is 101 Å². The largest absolute Gasteiger partial charge is 0.508 e. The number of nitrogens with zero attached hydrogens (tertiary/aromatic N) is 2. The molecule has 1 aliphatic rings. The lowest BCUT2D eigenvalue weighted by molar-refractivity contribution is -0.159. The van der Waals surface area contributed by atoms with Crippen LogP contribution in [0.3, 0.4) is 0 Å². The third-order valence-corrected chi connectivity index (χ3v) is 4.25. The second kappa shape index (κ2) is 9.61. The highest BCUT2D eigenvalue weighted by Crippen LogP contribution is 2.23. The second-order valence-corrected chi connectivity index (χ2v) is 6.70. The number of carboxylic acid groups (broad SMARTS) is 2. The highest BCUT2D eigenvalue weighted by molar-refractivity contribution is 9.10. The SMILES string of the molecule is CC(C)N1CCN(Cc2cc(Br)ccc2O)CC1.O=C(O)C(=O)O. The molecule has 1 aromatic rings. The summed E-state index contributed by atoms with van der Waals surface area (Å²) in [6.45, 7) is 9.70. The lowest BCUT2D eigenvalue weighted by Crippen LogP contribution is -2.48. The first-order valence-electron chi connectivity index (χ1n) is 7.60. The van der Waals surface area contributed by atoms with Crippen LogP contribution in [0.4, 0.5) is 0 Å². The maximum atomic E-state index is 9.85. The van der Waals surface area contributed by atoms with Gasteiger partial charge in [0.2, 0.25) is 0 Å². The van der Waals surface area contributed by atoms with Gasteiger partial charge < -0.3 is 15.3 Å². The van der Waals surface area contributed by atoms with Gasteiger partial charge in [-0.25, -0.2) is 9.59 Å². The van der Waals surface area contributed by atoms with Crippen LogP contribution >= 0.6 is 15.9 Å². The van der Waals surface area contributed by atoms with Crippen LogP contribution in [0.25, 0.3) is 0 Å². The molecule has 0 amide bonds. The van der Waals surface area contributed by atoms with E-state index in [0.29, 0.717) is 11.8 Å². The summed E-state index contributed by atoms with van der Waals surface area (Å²) in [4.78, 5) is 23.1. The number of benzene rings is 1. The molecule has 0 radical (unpaired) electrons. The highest BCUT2D eigenvalue weighted by atomic mass is 79.9. The molecule has 0 saturated carbocycles. The number of carbonyl (C=O) groups is 2. The normalized spacial score (nSPS) is 15.7. The molecule has 0 spiro atoms. The Morgan fingerprint density at radius 3 is 2.12 bits per heavy atom. The van der Waals surface area contributed by atoms with E-state index in [-0.39, 0.29) is 0 Å². The van der Waals surface area contributed by atoms with Gasteiger partial charge in [-0.05, 0) is 32.0 Å². The predicted octanol–water partition coefficient (Wildman–Crippen LogP) is 1.84. The zero-order valence-electron chi connectivity index (χ0n) is 13.8. The van der Waals surface area contributed by atoms with Crippen LogP contribution in [0, 0.1) is 0 Å².